The first-order valence-electron chi connectivity index (χ1n) is 6.04. The Morgan fingerprint density at radius 2 is 2.22 bits per heavy atom. The van der Waals surface area contributed by atoms with E-state index in [9.17, 15) is 10.1 Å². The second kappa shape index (κ2) is 7.04. The Morgan fingerprint density at radius 1 is 1.50 bits per heavy atom. The number of allylic oxidation sites excluding steroid dienone is 3. The zero-order chi connectivity index (χ0) is 13.6. The Morgan fingerprint density at radius 3 is 2.83 bits per heavy atom. The number of hydrogen-bond donors (Lipinski definition) is 0. The van der Waals surface area contributed by atoms with Crippen molar-refractivity contribution < 1.29 is 4.92 Å². The van der Waals surface area contributed by atoms with Crippen molar-refractivity contribution in [2.24, 2.45) is 0 Å². The van der Waals surface area contributed by atoms with Crippen molar-refractivity contribution in [3.63, 3.8) is 0 Å². The molecule has 0 bridgehead atoms. The van der Waals surface area contributed by atoms with E-state index in [4.69, 9.17) is 0 Å². The van der Waals surface area contributed by atoms with Gasteiger partial charge in [-0.25, -0.2) is 0 Å². The molecule has 0 saturated carbocycles. The normalized spacial score (nSPS) is 24.5. The summed E-state index contributed by atoms with van der Waals surface area (Å²) in [4.78, 5) is 11.7. The minimum atomic E-state index is -1.08. The number of nitro groups is 1. The molecule has 5 heteroatoms. The predicted octanol–water partition coefficient (Wildman–Crippen LogP) is 4.60. The van der Waals surface area contributed by atoms with Gasteiger partial charge in [0.05, 0.1) is 0 Å². The molecule has 3 nitrogen and oxygen atoms in total. The lowest BCUT2D eigenvalue weighted by molar-refractivity contribution is -0.535. The van der Waals surface area contributed by atoms with Crippen LogP contribution in [0.5, 0.6) is 0 Å². The molecule has 0 aromatic heterocycles. The first-order chi connectivity index (χ1) is 8.48. The van der Waals surface area contributed by atoms with Gasteiger partial charge in [-0.1, -0.05) is 47.9 Å². The third-order valence-electron chi connectivity index (χ3n) is 2.68. The van der Waals surface area contributed by atoms with Gasteiger partial charge in [0, 0.05) is 22.0 Å². The molecule has 1 aliphatic carbocycles. The van der Waals surface area contributed by atoms with Crippen LogP contribution >= 0.6 is 21.6 Å². The Balaban J connectivity index is 2.58. The van der Waals surface area contributed by atoms with Crippen LogP contribution in [0, 0.1) is 10.1 Å². The van der Waals surface area contributed by atoms with Crippen LogP contribution in [0.1, 0.15) is 33.6 Å². The van der Waals surface area contributed by atoms with Crippen molar-refractivity contribution in [1.29, 1.82) is 0 Å². The molecule has 1 aliphatic rings. The van der Waals surface area contributed by atoms with Crippen molar-refractivity contribution >= 4 is 21.6 Å². The minimum absolute atomic E-state index is 0.270. The molecule has 0 saturated heterocycles. The summed E-state index contributed by atoms with van der Waals surface area (Å²) in [6, 6.07) is 0. The Hall–Kier alpha value is -0.680. The second-order valence-corrected chi connectivity index (χ2v) is 7.24. The van der Waals surface area contributed by atoms with E-state index in [1.807, 2.05) is 22.9 Å². The third-order valence-corrected chi connectivity index (χ3v) is 5.65. The molecule has 2 unspecified atom stereocenters. The van der Waals surface area contributed by atoms with Crippen molar-refractivity contribution in [2.75, 3.05) is 0 Å². The van der Waals surface area contributed by atoms with Gasteiger partial charge in [0.2, 0.25) is 0 Å². The zero-order valence-corrected chi connectivity index (χ0v) is 12.6. The Bertz CT molecular complexity index is 390. The summed E-state index contributed by atoms with van der Waals surface area (Å²) >= 11 is 0. The fourth-order valence-electron chi connectivity index (χ4n) is 1.47. The first kappa shape index (κ1) is 15.4. The molecular weight excluding hydrogens is 266 g/mol. The summed E-state index contributed by atoms with van der Waals surface area (Å²) in [5, 5.41) is 11.6. The summed E-state index contributed by atoms with van der Waals surface area (Å²) in [7, 11) is 3.51. The van der Waals surface area contributed by atoms with Crippen molar-refractivity contribution in [3.05, 3.63) is 45.4 Å². The molecule has 0 N–H and O–H groups in total. The maximum atomic E-state index is 11.0. The lowest BCUT2D eigenvalue weighted by atomic mass is 10.0. The van der Waals surface area contributed by atoms with Crippen LogP contribution in [0.25, 0.3) is 0 Å². The lowest BCUT2D eigenvalue weighted by Gasteiger charge is -2.11. The number of nitrogens with zero attached hydrogens (tertiary/aromatic N) is 1. The maximum Gasteiger partial charge on any atom is 0.256 e. The summed E-state index contributed by atoms with van der Waals surface area (Å²) in [6.45, 7) is 5.99. The van der Waals surface area contributed by atoms with Crippen LogP contribution in [0.2, 0.25) is 0 Å². The third kappa shape index (κ3) is 4.53. The molecule has 0 fully saturated rings. The van der Waals surface area contributed by atoms with Gasteiger partial charge in [-0.05, 0) is 30.7 Å². The minimum Gasteiger partial charge on any atom is -0.263 e. The van der Waals surface area contributed by atoms with Crippen molar-refractivity contribution in [2.45, 2.75) is 44.4 Å². The summed E-state index contributed by atoms with van der Waals surface area (Å²) in [5.74, 6) is 0. The predicted molar refractivity (Wildman–Crippen MR) is 81.3 cm³/mol. The average Bonchev–Trinajstić information content (AvgIpc) is 2.50. The van der Waals surface area contributed by atoms with Gasteiger partial charge in [0.1, 0.15) is 0 Å². The SMILES string of the molecule is CCCC(C)SSC1=CC=CC(C)([N+](=O)[O-])C=C1. The van der Waals surface area contributed by atoms with E-state index in [1.165, 1.54) is 12.8 Å². The van der Waals surface area contributed by atoms with Crippen molar-refractivity contribution in [3.8, 4) is 0 Å². The van der Waals surface area contributed by atoms with Gasteiger partial charge < -0.3 is 0 Å². The van der Waals surface area contributed by atoms with E-state index in [-0.39, 0.29) is 4.92 Å². The molecule has 1 rings (SSSR count). The Labute approximate surface area is 116 Å². The fraction of sp³-hybridized carbons (Fsp3) is 0.538. The lowest BCUT2D eigenvalue weighted by Crippen LogP contribution is -2.29. The van der Waals surface area contributed by atoms with Gasteiger partial charge >= 0.3 is 0 Å². The van der Waals surface area contributed by atoms with Gasteiger partial charge in [-0.15, -0.1) is 0 Å². The molecule has 0 heterocycles. The summed E-state index contributed by atoms with van der Waals surface area (Å²) in [5.41, 5.74) is -1.08. The van der Waals surface area contributed by atoms with E-state index in [0.29, 0.717) is 5.25 Å². The molecule has 0 aromatic carbocycles. The highest BCUT2D eigenvalue weighted by Crippen LogP contribution is 2.37. The van der Waals surface area contributed by atoms with E-state index in [0.717, 1.165) is 4.91 Å². The van der Waals surface area contributed by atoms with Gasteiger partial charge in [0.25, 0.3) is 5.54 Å². The molecule has 100 valence electrons. The van der Waals surface area contributed by atoms with E-state index in [2.05, 4.69) is 13.8 Å². The van der Waals surface area contributed by atoms with Crippen LogP contribution in [-0.2, 0) is 0 Å². The second-order valence-electron chi connectivity index (χ2n) is 4.52. The van der Waals surface area contributed by atoms with E-state index < -0.39 is 5.54 Å². The fourth-order valence-corrected chi connectivity index (χ4v) is 3.78. The first-order valence-corrected chi connectivity index (χ1v) is 8.26. The molecular formula is C13H19NO2S2. The summed E-state index contributed by atoms with van der Waals surface area (Å²) < 4.78 is 0. The molecule has 0 radical (unpaired) electrons. The average molecular weight is 285 g/mol. The van der Waals surface area contributed by atoms with Gasteiger partial charge in [-0.2, -0.15) is 0 Å². The quantitative estimate of drug-likeness (QED) is 0.406. The van der Waals surface area contributed by atoms with Crippen molar-refractivity contribution in [1.82, 2.24) is 0 Å². The zero-order valence-electron chi connectivity index (χ0n) is 11.0. The standard InChI is InChI=1S/C13H19NO2S2/c1-4-6-11(2)17-18-12-7-5-9-13(3,10-8-12)14(15)16/h5,7-11H,4,6H2,1-3H3. The molecule has 0 aromatic rings. The highest BCUT2D eigenvalue weighted by atomic mass is 33.1. The van der Waals surface area contributed by atoms with Gasteiger partial charge in [-0.3, -0.25) is 10.1 Å². The maximum absolute atomic E-state index is 11.0. The Kier molecular flexibility index (Phi) is 6.02. The number of rotatable bonds is 6. The van der Waals surface area contributed by atoms with Crippen LogP contribution in [-0.4, -0.2) is 15.7 Å². The molecule has 2 atom stereocenters. The topological polar surface area (TPSA) is 43.1 Å². The highest BCUT2D eigenvalue weighted by Gasteiger charge is 2.30. The molecule has 18 heavy (non-hydrogen) atoms. The van der Waals surface area contributed by atoms with Crippen LogP contribution < -0.4 is 0 Å². The molecule has 0 aliphatic heterocycles. The van der Waals surface area contributed by atoms with Crippen LogP contribution in [0.4, 0.5) is 0 Å². The summed E-state index contributed by atoms with van der Waals surface area (Å²) in [6.07, 6.45) is 11.2. The van der Waals surface area contributed by atoms with E-state index in [1.54, 1.807) is 35.9 Å². The van der Waals surface area contributed by atoms with Crippen LogP contribution in [0.15, 0.2) is 35.3 Å². The highest BCUT2D eigenvalue weighted by molar-refractivity contribution is 8.78. The van der Waals surface area contributed by atoms with E-state index >= 15 is 0 Å². The largest absolute Gasteiger partial charge is 0.263 e. The monoisotopic (exact) mass is 285 g/mol. The van der Waals surface area contributed by atoms with Gasteiger partial charge in [0.15, 0.2) is 0 Å². The molecule has 0 spiro atoms. The number of hydrogen-bond acceptors (Lipinski definition) is 4. The molecule has 0 amide bonds. The smallest absolute Gasteiger partial charge is 0.256 e. The van der Waals surface area contributed by atoms with Crippen LogP contribution in [0.3, 0.4) is 0 Å².